The summed E-state index contributed by atoms with van der Waals surface area (Å²) >= 11 is 0. The third kappa shape index (κ3) is 3.77. The van der Waals surface area contributed by atoms with Crippen LogP contribution in [0.15, 0.2) is 47.1 Å². The fraction of sp³-hybridized carbons (Fsp3) is 0.409. The quantitative estimate of drug-likeness (QED) is 0.739. The van der Waals surface area contributed by atoms with Crippen LogP contribution in [0.25, 0.3) is 0 Å². The molecule has 1 atom stereocenters. The lowest BCUT2D eigenvalue weighted by Gasteiger charge is -2.29. The highest BCUT2D eigenvalue weighted by molar-refractivity contribution is 6.23. The lowest BCUT2D eigenvalue weighted by Crippen LogP contribution is -2.40. The molecular formula is C22H26N4O4. The molecule has 0 spiro atoms. The van der Waals surface area contributed by atoms with Crippen molar-refractivity contribution in [1.29, 1.82) is 0 Å². The topological polar surface area (TPSA) is 94.9 Å². The number of imide groups is 1. The van der Waals surface area contributed by atoms with E-state index in [0.29, 0.717) is 17.9 Å². The zero-order chi connectivity index (χ0) is 21.3. The maximum absolute atomic E-state index is 13.1. The number of furan rings is 1. The molecule has 0 saturated carbocycles. The Labute approximate surface area is 175 Å². The second-order valence-corrected chi connectivity index (χ2v) is 8.25. The van der Waals surface area contributed by atoms with E-state index in [2.05, 4.69) is 10.6 Å². The van der Waals surface area contributed by atoms with Crippen LogP contribution < -0.4 is 15.5 Å². The first-order valence-corrected chi connectivity index (χ1v) is 10.2. The first-order valence-electron chi connectivity index (χ1n) is 10.2. The van der Waals surface area contributed by atoms with Gasteiger partial charge in [-0.2, -0.15) is 0 Å². The lowest BCUT2D eigenvalue weighted by molar-refractivity contribution is -0.121. The molecule has 158 valence electrons. The molecule has 2 aromatic rings. The van der Waals surface area contributed by atoms with Crippen molar-refractivity contribution in [2.45, 2.75) is 51.1 Å². The van der Waals surface area contributed by atoms with Crippen molar-refractivity contribution in [3.63, 3.8) is 0 Å². The van der Waals surface area contributed by atoms with Crippen molar-refractivity contribution in [3.8, 4) is 0 Å². The van der Waals surface area contributed by atoms with E-state index in [-0.39, 0.29) is 18.0 Å². The molecule has 3 heterocycles. The standard InChI is InChI=1S/C22H26N4O4/c1-22(2)19(27)26(21(29)24-22)16-9-6-8-15(14-16)23-20(28)25-12-5-3-4-10-17(25)18-11-7-13-30-18/h6-9,11,13-14,17H,3-5,10,12H2,1-2H3,(H,23,28)(H,24,29)/t17-/m0/s1. The van der Waals surface area contributed by atoms with Gasteiger partial charge in [0, 0.05) is 12.2 Å². The molecule has 30 heavy (non-hydrogen) atoms. The molecule has 2 N–H and O–H groups in total. The van der Waals surface area contributed by atoms with Gasteiger partial charge in [0.2, 0.25) is 0 Å². The van der Waals surface area contributed by atoms with Gasteiger partial charge in [0.25, 0.3) is 5.91 Å². The summed E-state index contributed by atoms with van der Waals surface area (Å²) in [4.78, 5) is 40.9. The van der Waals surface area contributed by atoms with Crippen LogP contribution in [0, 0.1) is 0 Å². The molecule has 8 heteroatoms. The van der Waals surface area contributed by atoms with Gasteiger partial charge in [0.05, 0.1) is 18.0 Å². The number of nitrogens with zero attached hydrogens (tertiary/aromatic N) is 2. The Kier molecular flexibility index (Phi) is 5.24. The first-order chi connectivity index (χ1) is 14.4. The predicted octanol–water partition coefficient (Wildman–Crippen LogP) is 4.26. The molecule has 0 aliphatic carbocycles. The number of urea groups is 2. The molecule has 2 fully saturated rings. The Morgan fingerprint density at radius 3 is 2.70 bits per heavy atom. The molecule has 5 amide bonds. The molecule has 0 bridgehead atoms. The molecule has 1 aromatic heterocycles. The van der Waals surface area contributed by atoms with Gasteiger partial charge in [-0.05, 0) is 57.0 Å². The Bertz CT molecular complexity index is 954. The Morgan fingerprint density at radius 2 is 2.00 bits per heavy atom. The molecular weight excluding hydrogens is 384 g/mol. The van der Waals surface area contributed by atoms with Crippen molar-refractivity contribution in [1.82, 2.24) is 10.2 Å². The van der Waals surface area contributed by atoms with Crippen LogP contribution in [0.1, 0.15) is 51.3 Å². The van der Waals surface area contributed by atoms with E-state index < -0.39 is 11.6 Å². The van der Waals surface area contributed by atoms with Crippen LogP contribution >= 0.6 is 0 Å². The SMILES string of the molecule is CC1(C)NC(=O)N(c2cccc(NC(=O)N3CCCCC[C@H]3c3ccco3)c2)C1=O. The third-order valence-electron chi connectivity index (χ3n) is 5.60. The van der Waals surface area contributed by atoms with Crippen molar-refractivity contribution in [3.05, 3.63) is 48.4 Å². The van der Waals surface area contributed by atoms with Crippen LogP contribution in [0.5, 0.6) is 0 Å². The molecule has 0 unspecified atom stereocenters. The maximum Gasteiger partial charge on any atom is 0.329 e. The van der Waals surface area contributed by atoms with E-state index >= 15 is 0 Å². The monoisotopic (exact) mass is 410 g/mol. The second-order valence-electron chi connectivity index (χ2n) is 8.25. The second kappa shape index (κ2) is 7.85. The van der Waals surface area contributed by atoms with E-state index in [0.717, 1.165) is 36.3 Å². The summed E-state index contributed by atoms with van der Waals surface area (Å²) < 4.78 is 5.58. The number of amides is 5. The number of likely N-dealkylation sites (tertiary alicyclic amines) is 1. The van der Waals surface area contributed by atoms with E-state index in [1.165, 1.54) is 0 Å². The minimum Gasteiger partial charge on any atom is -0.467 e. The smallest absolute Gasteiger partial charge is 0.329 e. The summed E-state index contributed by atoms with van der Waals surface area (Å²) in [6.45, 7) is 3.96. The molecule has 2 aliphatic heterocycles. The number of rotatable bonds is 3. The zero-order valence-electron chi connectivity index (χ0n) is 17.2. The highest BCUT2D eigenvalue weighted by Gasteiger charge is 2.45. The third-order valence-corrected chi connectivity index (χ3v) is 5.60. The average Bonchev–Trinajstić information content (AvgIpc) is 3.20. The summed E-state index contributed by atoms with van der Waals surface area (Å²) in [5.74, 6) is 0.448. The number of benzene rings is 1. The van der Waals surface area contributed by atoms with Crippen molar-refractivity contribution in [2.75, 3.05) is 16.8 Å². The molecule has 2 aliphatic rings. The van der Waals surface area contributed by atoms with Gasteiger partial charge >= 0.3 is 12.1 Å². The number of anilines is 2. The highest BCUT2D eigenvalue weighted by atomic mass is 16.3. The van der Waals surface area contributed by atoms with Crippen LogP contribution in [0.4, 0.5) is 21.0 Å². The average molecular weight is 410 g/mol. The van der Waals surface area contributed by atoms with Gasteiger partial charge in [0.1, 0.15) is 11.3 Å². The van der Waals surface area contributed by atoms with Gasteiger partial charge in [-0.15, -0.1) is 0 Å². The van der Waals surface area contributed by atoms with Crippen molar-refractivity contribution >= 4 is 29.3 Å². The minimum atomic E-state index is -0.960. The largest absolute Gasteiger partial charge is 0.467 e. The summed E-state index contributed by atoms with van der Waals surface area (Å²) in [6.07, 6.45) is 5.51. The van der Waals surface area contributed by atoms with Gasteiger partial charge in [-0.25, -0.2) is 14.5 Å². The van der Waals surface area contributed by atoms with Crippen molar-refractivity contribution in [2.24, 2.45) is 0 Å². The van der Waals surface area contributed by atoms with E-state index in [9.17, 15) is 14.4 Å². The van der Waals surface area contributed by atoms with Crippen LogP contribution in [0.3, 0.4) is 0 Å². The van der Waals surface area contributed by atoms with Gasteiger partial charge in [0.15, 0.2) is 0 Å². The number of carbonyl (C=O) groups is 3. The predicted molar refractivity (Wildman–Crippen MR) is 112 cm³/mol. The normalized spacial score (nSPS) is 21.3. The Balaban J connectivity index is 1.54. The molecule has 1 aromatic carbocycles. The summed E-state index contributed by atoms with van der Waals surface area (Å²) in [5.41, 5.74) is -0.0249. The van der Waals surface area contributed by atoms with E-state index in [4.69, 9.17) is 4.42 Å². The van der Waals surface area contributed by atoms with Gasteiger partial charge < -0.3 is 20.0 Å². The van der Waals surface area contributed by atoms with Crippen LogP contribution in [0.2, 0.25) is 0 Å². The minimum absolute atomic E-state index is 0.114. The number of hydrogen-bond acceptors (Lipinski definition) is 4. The van der Waals surface area contributed by atoms with Crippen LogP contribution in [-0.4, -0.2) is 35.0 Å². The number of nitrogens with one attached hydrogen (secondary N) is 2. The fourth-order valence-electron chi connectivity index (χ4n) is 4.03. The zero-order valence-corrected chi connectivity index (χ0v) is 17.2. The highest BCUT2D eigenvalue weighted by Crippen LogP contribution is 2.32. The van der Waals surface area contributed by atoms with E-state index in [1.807, 2.05) is 12.1 Å². The molecule has 0 radical (unpaired) electrons. The maximum atomic E-state index is 13.1. The van der Waals surface area contributed by atoms with Gasteiger partial charge in [-0.3, -0.25) is 4.79 Å². The fourth-order valence-corrected chi connectivity index (χ4v) is 4.03. The first kappa shape index (κ1) is 20.0. The summed E-state index contributed by atoms with van der Waals surface area (Å²) in [5, 5.41) is 5.58. The Hall–Kier alpha value is -3.29. The lowest BCUT2D eigenvalue weighted by atomic mass is 10.1. The molecule has 8 nitrogen and oxygen atoms in total. The van der Waals surface area contributed by atoms with Crippen LogP contribution in [-0.2, 0) is 4.79 Å². The summed E-state index contributed by atoms with van der Waals surface area (Å²) in [7, 11) is 0. The number of carbonyl (C=O) groups excluding carboxylic acids is 3. The van der Waals surface area contributed by atoms with Gasteiger partial charge in [-0.1, -0.05) is 18.9 Å². The molecule has 4 rings (SSSR count). The van der Waals surface area contributed by atoms with Crippen molar-refractivity contribution < 1.29 is 18.8 Å². The Morgan fingerprint density at radius 1 is 1.17 bits per heavy atom. The number of hydrogen-bond donors (Lipinski definition) is 2. The summed E-state index contributed by atoms with van der Waals surface area (Å²) in [6, 6.07) is 9.68. The molecule has 2 saturated heterocycles. The van der Waals surface area contributed by atoms with E-state index in [1.54, 1.807) is 49.3 Å².